The minimum absolute atomic E-state index is 0.0186. The van der Waals surface area contributed by atoms with Crippen molar-refractivity contribution in [2.45, 2.75) is 19.9 Å². The number of rotatable bonds is 3. The Kier molecular flexibility index (Phi) is 3.46. The second kappa shape index (κ2) is 4.62. The lowest BCUT2D eigenvalue weighted by Crippen LogP contribution is -2.21. The largest absolute Gasteiger partial charge is 0.370 e. The van der Waals surface area contributed by atoms with Crippen LogP contribution in [0, 0.1) is 0 Å². The fourth-order valence-corrected chi connectivity index (χ4v) is 0.981. The molecular formula is C10H13NO2. The maximum absolute atomic E-state index is 10.5. The molecule has 0 aliphatic carbocycles. The molecule has 1 rings (SSSR count). The molecule has 3 heteroatoms. The Hall–Kier alpha value is -1.35. The van der Waals surface area contributed by atoms with Gasteiger partial charge in [-0.05, 0) is 12.5 Å². The van der Waals surface area contributed by atoms with Crippen molar-refractivity contribution in [2.75, 3.05) is 0 Å². The molecule has 3 nitrogen and oxygen atoms in total. The van der Waals surface area contributed by atoms with Gasteiger partial charge in [0.2, 0.25) is 0 Å². The number of carbonyl (C=O) groups is 1. The minimum atomic E-state index is -0.331. The van der Waals surface area contributed by atoms with Crippen LogP contribution in [0.2, 0.25) is 0 Å². The third-order valence-corrected chi connectivity index (χ3v) is 1.68. The smallest absolute Gasteiger partial charge is 0.321 e. The van der Waals surface area contributed by atoms with Gasteiger partial charge in [-0.2, -0.15) is 0 Å². The summed E-state index contributed by atoms with van der Waals surface area (Å²) in [6.07, 6.45) is 0. The van der Waals surface area contributed by atoms with E-state index in [1.54, 1.807) is 0 Å². The molecule has 1 aromatic rings. The van der Waals surface area contributed by atoms with Gasteiger partial charge in [-0.3, -0.25) is 4.79 Å². The molecule has 1 atom stereocenters. The van der Waals surface area contributed by atoms with Crippen molar-refractivity contribution in [1.29, 1.82) is 0 Å². The van der Waals surface area contributed by atoms with E-state index in [-0.39, 0.29) is 12.0 Å². The average molecular weight is 179 g/mol. The summed E-state index contributed by atoms with van der Waals surface area (Å²) in [4.78, 5) is 15.2. The molecule has 0 unspecified atom stereocenters. The van der Waals surface area contributed by atoms with Crippen LogP contribution in [0.5, 0.6) is 0 Å². The molecule has 0 aliphatic rings. The highest BCUT2D eigenvalue weighted by molar-refractivity contribution is 5.65. The zero-order valence-electron chi connectivity index (χ0n) is 7.78. The van der Waals surface area contributed by atoms with Crippen LogP contribution < -0.4 is 5.48 Å². The van der Waals surface area contributed by atoms with E-state index in [0.717, 1.165) is 5.56 Å². The number of hydroxylamine groups is 1. The zero-order valence-corrected chi connectivity index (χ0v) is 7.78. The number of carbonyl (C=O) groups excluding carboxylic acids is 1. The highest BCUT2D eigenvalue weighted by Crippen LogP contribution is 2.10. The summed E-state index contributed by atoms with van der Waals surface area (Å²) < 4.78 is 0. The van der Waals surface area contributed by atoms with Gasteiger partial charge in [0, 0.05) is 6.92 Å². The molecule has 0 aliphatic heterocycles. The molecular weight excluding hydrogens is 166 g/mol. The standard InChI is InChI=1S/C10H13NO2/c1-8(11-13-9(2)12)10-6-4-3-5-7-10/h3-8,11H,1-2H3/t8-/m1/s1. The summed E-state index contributed by atoms with van der Waals surface area (Å²) in [5, 5.41) is 0. The summed E-state index contributed by atoms with van der Waals surface area (Å²) >= 11 is 0. The Labute approximate surface area is 77.7 Å². The average Bonchev–Trinajstić information content (AvgIpc) is 2.15. The Morgan fingerprint density at radius 1 is 1.38 bits per heavy atom. The van der Waals surface area contributed by atoms with E-state index in [2.05, 4.69) is 10.3 Å². The van der Waals surface area contributed by atoms with E-state index in [4.69, 9.17) is 0 Å². The quantitative estimate of drug-likeness (QED) is 0.719. The monoisotopic (exact) mass is 179 g/mol. The molecule has 1 aromatic carbocycles. The lowest BCUT2D eigenvalue weighted by Gasteiger charge is -2.12. The van der Waals surface area contributed by atoms with Crippen molar-refractivity contribution < 1.29 is 9.63 Å². The first-order valence-corrected chi connectivity index (χ1v) is 4.18. The third-order valence-electron chi connectivity index (χ3n) is 1.68. The second-order valence-corrected chi connectivity index (χ2v) is 2.84. The Bertz CT molecular complexity index is 272. The molecule has 1 N–H and O–H groups in total. The van der Waals surface area contributed by atoms with Gasteiger partial charge in [0.1, 0.15) is 0 Å². The first-order chi connectivity index (χ1) is 6.20. The van der Waals surface area contributed by atoms with E-state index in [9.17, 15) is 4.79 Å². The van der Waals surface area contributed by atoms with Gasteiger partial charge in [-0.1, -0.05) is 30.3 Å². The van der Waals surface area contributed by atoms with Crippen molar-refractivity contribution in [3.8, 4) is 0 Å². The molecule has 0 aromatic heterocycles. The summed E-state index contributed by atoms with van der Waals surface area (Å²) in [6, 6.07) is 9.80. The van der Waals surface area contributed by atoms with E-state index in [0.29, 0.717) is 0 Å². The third kappa shape index (κ3) is 3.25. The first-order valence-electron chi connectivity index (χ1n) is 4.18. The topological polar surface area (TPSA) is 38.3 Å². The number of hydrogen-bond donors (Lipinski definition) is 1. The van der Waals surface area contributed by atoms with Crippen LogP contribution in [0.25, 0.3) is 0 Å². The molecule has 0 saturated carbocycles. The zero-order chi connectivity index (χ0) is 9.68. The molecule has 70 valence electrons. The lowest BCUT2D eigenvalue weighted by atomic mass is 10.1. The van der Waals surface area contributed by atoms with Gasteiger partial charge >= 0.3 is 5.97 Å². The molecule has 0 spiro atoms. The summed E-state index contributed by atoms with van der Waals surface area (Å²) in [7, 11) is 0. The number of hydrogen-bond acceptors (Lipinski definition) is 3. The normalized spacial score (nSPS) is 12.2. The molecule has 0 heterocycles. The van der Waals surface area contributed by atoms with Crippen LogP contribution in [0.3, 0.4) is 0 Å². The molecule has 0 radical (unpaired) electrons. The van der Waals surface area contributed by atoms with E-state index < -0.39 is 0 Å². The van der Waals surface area contributed by atoms with Gasteiger partial charge in [0.15, 0.2) is 0 Å². The van der Waals surface area contributed by atoms with Crippen LogP contribution in [0.4, 0.5) is 0 Å². The summed E-state index contributed by atoms with van der Waals surface area (Å²) in [6.45, 7) is 3.29. The van der Waals surface area contributed by atoms with Crippen LogP contribution in [-0.2, 0) is 9.63 Å². The van der Waals surface area contributed by atoms with E-state index in [1.165, 1.54) is 6.92 Å². The van der Waals surface area contributed by atoms with Gasteiger partial charge < -0.3 is 4.84 Å². The van der Waals surface area contributed by atoms with Crippen molar-refractivity contribution in [2.24, 2.45) is 0 Å². The molecule has 0 fully saturated rings. The van der Waals surface area contributed by atoms with Gasteiger partial charge in [0.05, 0.1) is 6.04 Å². The predicted molar refractivity (Wildman–Crippen MR) is 49.8 cm³/mol. The maximum Gasteiger partial charge on any atom is 0.321 e. The van der Waals surface area contributed by atoms with Crippen LogP contribution >= 0.6 is 0 Å². The molecule has 13 heavy (non-hydrogen) atoms. The highest BCUT2D eigenvalue weighted by Gasteiger charge is 2.04. The summed E-state index contributed by atoms with van der Waals surface area (Å²) in [5.41, 5.74) is 3.74. The number of benzene rings is 1. The van der Waals surface area contributed by atoms with E-state index in [1.807, 2.05) is 37.3 Å². The van der Waals surface area contributed by atoms with Crippen molar-refractivity contribution >= 4 is 5.97 Å². The predicted octanol–water partition coefficient (Wildman–Crippen LogP) is 1.82. The second-order valence-electron chi connectivity index (χ2n) is 2.84. The van der Waals surface area contributed by atoms with E-state index >= 15 is 0 Å². The Morgan fingerprint density at radius 2 is 2.00 bits per heavy atom. The molecule has 0 bridgehead atoms. The van der Waals surface area contributed by atoms with Crippen LogP contribution in [0.1, 0.15) is 25.5 Å². The highest BCUT2D eigenvalue weighted by atomic mass is 16.7. The van der Waals surface area contributed by atoms with Crippen LogP contribution in [-0.4, -0.2) is 5.97 Å². The lowest BCUT2D eigenvalue weighted by molar-refractivity contribution is -0.150. The fourth-order valence-electron chi connectivity index (χ4n) is 0.981. The van der Waals surface area contributed by atoms with Crippen molar-refractivity contribution in [3.05, 3.63) is 35.9 Å². The van der Waals surface area contributed by atoms with Crippen molar-refractivity contribution in [1.82, 2.24) is 5.48 Å². The van der Waals surface area contributed by atoms with Crippen LogP contribution in [0.15, 0.2) is 30.3 Å². The fraction of sp³-hybridized carbons (Fsp3) is 0.300. The summed E-state index contributed by atoms with van der Waals surface area (Å²) in [5.74, 6) is -0.331. The van der Waals surface area contributed by atoms with Gasteiger partial charge in [-0.15, -0.1) is 5.48 Å². The SMILES string of the molecule is CC(=O)ON[C@H](C)c1ccccc1. The van der Waals surface area contributed by atoms with Gasteiger partial charge in [-0.25, -0.2) is 0 Å². The Morgan fingerprint density at radius 3 is 2.54 bits per heavy atom. The number of nitrogens with one attached hydrogen (secondary N) is 1. The molecule has 0 saturated heterocycles. The Balaban J connectivity index is 2.49. The minimum Gasteiger partial charge on any atom is -0.370 e. The van der Waals surface area contributed by atoms with Gasteiger partial charge in [0.25, 0.3) is 0 Å². The van der Waals surface area contributed by atoms with Crippen molar-refractivity contribution in [3.63, 3.8) is 0 Å². The first kappa shape index (κ1) is 9.74. The maximum atomic E-state index is 10.5. The molecule has 0 amide bonds.